The zero-order valence-corrected chi connectivity index (χ0v) is 9.30. The molecule has 90 valence electrons. The van der Waals surface area contributed by atoms with Crippen LogP contribution in [-0.4, -0.2) is 28.5 Å². The molecule has 0 spiro atoms. The van der Waals surface area contributed by atoms with Crippen molar-refractivity contribution in [3.63, 3.8) is 0 Å². The Kier molecular flexibility index (Phi) is 3.52. The minimum atomic E-state index is -0.609. The smallest absolute Gasteiger partial charge is 0.246 e. The molecule has 6 nitrogen and oxygen atoms in total. The monoisotopic (exact) mass is 227 g/mol. The lowest BCUT2D eigenvalue weighted by Crippen LogP contribution is -2.15. The number of hydrogen-bond donors (Lipinski definition) is 2. The standard InChI is InChI=1S/C10H17N3O3/c1-2-15-8(6-3-4-6)9-12-10(16-13-9)7(11)5-14/h6-8,14H,2-5,11H2,1H3. The third kappa shape index (κ3) is 2.40. The second-order valence-corrected chi connectivity index (χ2v) is 3.99. The maximum atomic E-state index is 8.88. The lowest BCUT2D eigenvalue weighted by Gasteiger charge is -2.11. The highest BCUT2D eigenvalue weighted by Crippen LogP contribution is 2.42. The third-order valence-corrected chi connectivity index (χ3v) is 2.62. The highest BCUT2D eigenvalue weighted by molar-refractivity contribution is 5.00. The van der Waals surface area contributed by atoms with E-state index in [1.54, 1.807) is 0 Å². The van der Waals surface area contributed by atoms with Gasteiger partial charge in [-0.15, -0.1) is 0 Å². The van der Waals surface area contributed by atoms with E-state index in [0.29, 0.717) is 18.3 Å². The van der Waals surface area contributed by atoms with Crippen molar-refractivity contribution in [2.75, 3.05) is 13.2 Å². The van der Waals surface area contributed by atoms with Crippen LogP contribution in [0.3, 0.4) is 0 Å². The van der Waals surface area contributed by atoms with Crippen LogP contribution in [0.2, 0.25) is 0 Å². The molecule has 1 fully saturated rings. The second kappa shape index (κ2) is 4.90. The van der Waals surface area contributed by atoms with Gasteiger partial charge in [0.2, 0.25) is 11.7 Å². The van der Waals surface area contributed by atoms with E-state index in [9.17, 15) is 0 Å². The molecule has 0 aromatic carbocycles. The first-order valence-corrected chi connectivity index (χ1v) is 5.57. The highest BCUT2D eigenvalue weighted by Gasteiger charge is 2.36. The van der Waals surface area contributed by atoms with Gasteiger partial charge in [-0.3, -0.25) is 0 Å². The van der Waals surface area contributed by atoms with Crippen molar-refractivity contribution >= 4 is 0 Å². The molecule has 1 heterocycles. The van der Waals surface area contributed by atoms with E-state index in [-0.39, 0.29) is 18.6 Å². The topological polar surface area (TPSA) is 94.4 Å². The van der Waals surface area contributed by atoms with Gasteiger partial charge in [0, 0.05) is 6.61 Å². The van der Waals surface area contributed by atoms with Gasteiger partial charge in [0.25, 0.3) is 0 Å². The first kappa shape index (κ1) is 11.5. The molecule has 6 heteroatoms. The van der Waals surface area contributed by atoms with E-state index in [2.05, 4.69) is 10.1 Å². The number of nitrogens with zero attached hydrogens (tertiary/aromatic N) is 2. The number of aliphatic hydroxyl groups excluding tert-OH is 1. The summed E-state index contributed by atoms with van der Waals surface area (Å²) < 4.78 is 10.6. The Morgan fingerprint density at radius 1 is 1.62 bits per heavy atom. The average molecular weight is 227 g/mol. The zero-order valence-electron chi connectivity index (χ0n) is 9.30. The van der Waals surface area contributed by atoms with E-state index in [1.807, 2.05) is 6.92 Å². The minimum Gasteiger partial charge on any atom is -0.394 e. The van der Waals surface area contributed by atoms with Gasteiger partial charge in [-0.05, 0) is 25.7 Å². The Morgan fingerprint density at radius 2 is 2.38 bits per heavy atom. The van der Waals surface area contributed by atoms with Crippen LogP contribution in [0.25, 0.3) is 0 Å². The first-order valence-electron chi connectivity index (χ1n) is 5.57. The maximum Gasteiger partial charge on any atom is 0.246 e. The number of aromatic nitrogens is 2. The summed E-state index contributed by atoms with van der Waals surface area (Å²) in [6.45, 7) is 2.36. The SMILES string of the molecule is CCOC(c1noc(C(N)CO)n1)C1CC1. The van der Waals surface area contributed by atoms with Crippen LogP contribution in [0.4, 0.5) is 0 Å². The van der Waals surface area contributed by atoms with Gasteiger partial charge >= 0.3 is 0 Å². The largest absolute Gasteiger partial charge is 0.394 e. The molecule has 0 saturated heterocycles. The predicted molar refractivity (Wildman–Crippen MR) is 55.4 cm³/mol. The summed E-state index contributed by atoms with van der Waals surface area (Å²) in [6.07, 6.45) is 2.19. The Hall–Kier alpha value is -0.980. The van der Waals surface area contributed by atoms with E-state index in [4.69, 9.17) is 20.1 Å². The molecule has 2 unspecified atom stereocenters. The normalized spacial score (nSPS) is 19.7. The lowest BCUT2D eigenvalue weighted by atomic mass is 10.2. The number of hydrogen-bond acceptors (Lipinski definition) is 6. The van der Waals surface area contributed by atoms with E-state index in [1.165, 1.54) is 0 Å². The summed E-state index contributed by atoms with van der Waals surface area (Å²) in [7, 11) is 0. The van der Waals surface area contributed by atoms with Gasteiger partial charge in [0.15, 0.2) is 0 Å². The third-order valence-electron chi connectivity index (χ3n) is 2.62. The molecule has 3 N–H and O–H groups in total. The number of ether oxygens (including phenoxy) is 1. The van der Waals surface area contributed by atoms with Gasteiger partial charge in [-0.2, -0.15) is 4.98 Å². The van der Waals surface area contributed by atoms with Gasteiger partial charge in [-0.25, -0.2) is 0 Å². The van der Waals surface area contributed by atoms with Crippen molar-refractivity contribution in [2.45, 2.75) is 31.9 Å². The van der Waals surface area contributed by atoms with Crippen LogP contribution >= 0.6 is 0 Å². The molecular weight excluding hydrogens is 210 g/mol. The van der Waals surface area contributed by atoms with Gasteiger partial charge in [0.1, 0.15) is 12.1 Å². The number of rotatable bonds is 6. The minimum absolute atomic E-state index is 0.0895. The van der Waals surface area contributed by atoms with Crippen molar-refractivity contribution in [1.29, 1.82) is 0 Å². The molecule has 0 radical (unpaired) electrons. The molecule has 2 atom stereocenters. The summed E-state index contributed by atoms with van der Waals surface area (Å²) >= 11 is 0. The molecule has 2 rings (SSSR count). The van der Waals surface area contributed by atoms with Crippen LogP contribution < -0.4 is 5.73 Å². The summed E-state index contributed by atoms with van der Waals surface area (Å²) in [5, 5.41) is 12.7. The molecule has 0 aliphatic heterocycles. The van der Waals surface area contributed by atoms with Crippen molar-refractivity contribution in [1.82, 2.24) is 10.1 Å². The van der Waals surface area contributed by atoms with Crippen molar-refractivity contribution < 1.29 is 14.4 Å². The van der Waals surface area contributed by atoms with Crippen molar-refractivity contribution in [3.8, 4) is 0 Å². The first-order chi connectivity index (χ1) is 7.76. The summed E-state index contributed by atoms with van der Waals surface area (Å²) in [6, 6.07) is -0.609. The summed E-state index contributed by atoms with van der Waals surface area (Å²) in [4.78, 5) is 4.17. The van der Waals surface area contributed by atoms with Crippen molar-refractivity contribution in [2.24, 2.45) is 11.7 Å². The van der Waals surface area contributed by atoms with E-state index >= 15 is 0 Å². The van der Waals surface area contributed by atoms with E-state index < -0.39 is 6.04 Å². The van der Waals surface area contributed by atoms with Crippen LogP contribution in [-0.2, 0) is 4.74 Å². The maximum absolute atomic E-state index is 8.88. The predicted octanol–water partition coefficient (Wildman–Crippen LogP) is 0.549. The fraction of sp³-hybridized carbons (Fsp3) is 0.800. The van der Waals surface area contributed by atoms with Gasteiger partial charge < -0.3 is 20.1 Å². The molecule has 16 heavy (non-hydrogen) atoms. The molecular formula is C10H17N3O3. The quantitative estimate of drug-likeness (QED) is 0.737. The molecule has 1 aromatic rings. The molecule has 1 aliphatic carbocycles. The molecule has 0 bridgehead atoms. The van der Waals surface area contributed by atoms with Gasteiger partial charge in [0.05, 0.1) is 6.61 Å². The Balaban J connectivity index is 2.09. The van der Waals surface area contributed by atoms with Gasteiger partial charge in [-0.1, -0.05) is 5.16 Å². The Bertz CT molecular complexity index is 338. The number of aliphatic hydroxyl groups is 1. The second-order valence-electron chi connectivity index (χ2n) is 3.99. The Labute approximate surface area is 93.8 Å². The van der Waals surface area contributed by atoms with Crippen LogP contribution in [0.5, 0.6) is 0 Å². The molecule has 0 amide bonds. The van der Waals surface area contributed by atoms with Crippen LogP contribution in [0.1, 0.15) is 43.6 Å². The molecule has 1 aromatic heterocycles. The molecule has 1 aliphatic rings. The average Bonchev–Trinajstić information content (AvgIpc) is 3.02. The fourth-order valence-electron chi connectivity index (χ4n) is 1.59. The molecule has 1 saturated carbocycles. The summed E-state index contributed by atoms with van der Waals surface area (Å²) in [5.74, 6) is 1.31. The Morgan fingerprint density at radius 3 is 2.94 bits per heavy atom. The lowest BCUT2D eigenvalue weighted by molar-refractivity contribution is 0.0384. The van der Waals surface area contributed by atoms with E-state index in [0.717, 1.165) is 12.8 Å². The summed E-state index contributed by atoms with van der Waals surface area (Å²) in [5.41, 5.74) is 5.59. The zero-order chi connectivity index (χ0) is 11.5. The number of nitrogens with two attached hydrogens (primary N) is 1. The van der Waals surface area contributed by atoms with Crippen molar-refractivity contribution in [3.05, 3.63) is 11.7 Å². The van der Waals surface area contributed by atoms with Crippen LogP contribution in [0, 0.1) is 5.92 Å². The van der Waals surface area contributed by atoms with Crippen LogP contribution in [0.15, 0.2) is 4.52 Å². The highest BCUT2D eigenvalue weighted by atomic mass is 16.5. The fourth-order valence-corrected chi connectivity index (χ4v) is 1.59.